The van der Waals surface area contributed by atoms with Crippen molar-refractivity contribution in [3.05, 3.63) is 18.2 Å². The molecule has 26 heavy (non-hydrogen) atoms. The minimum atomic E-state index is 0.0963. The summed E-state index contributed by atoms with van der Waals surface area (Å²) < 4.78 is 17.0. The van der Waals surface area contributed by atoms with Crippen molar-refractivity contribution < 1.29 is 14.2 Å². The van der Waals surface area contributed by atoms with Crippen LogP contribution in [-0.2, 0) is 4.74 Å². The molecular formula is C20H31N3O3. The van der Waals surface area contributed by atoms with E-state index >= 15 is 0 Å². The third-order valence-corrected chi connectivity index (χ3v) is 5.57. The molecule has 1 aliphatic heterocycles. The molecule has 6 heteroatoms. The van der Waals surface area contributed by atoms with Crippen LogP contribution in [0.2, 0.25) is 0 Å². The number of aliphatic imine (C=N–C) groups is 1. The maximum atomic E-state index is 5.99. The molecule has 3 unspecified atom stereocenters. The summed E-state index contributed by atoms with van der Waals surface area (Å²) in [6.45, 7) is 7.97. The Kier molecular flexibility index (Phi) is 5.61. The third-order valence-electron chi connectivity index (χ3n) is 5.57. The van der Waals surface area contributed by atoms with Gasteiger partial charge in [0.1, 0.15) is 0 Å². The molecule has 2 fully saturated rings. The Morgan fingerprint density at radius 2 is 2.15 bits per heavy atom. The van der Waals surface area contributed by atoms with Crippen molar-refractivity contribution in [1.29, 1.82) is 0 Å². The second-order valence-electron chi connectivity index (χ2n) is 7.54. The molecule has 1 aromatic rings. The molecule has 144 valence electrons. The lowest BCUT2D eigenvalue weighted by Gasteiger charge is -2.60. The van der Waals surface area contributed by atoms with Crippen LogP contribution in [-0.4, -0.2) is 45.5 Å². The summed E-state index contributed by atoms with van der Waals surface area (Å²) in [7, 11) is 3.44. The molecule has 3 atom stereocenters. The van der Waals surface area contributed by atoms with E-state index < -0.39 is 0 Å². The second-order valence-corrected chi connectivity index (χ2v) is 7.54. The van der Waals surface area contributed by atoms with E-state index in [-0.39, 0.29) is 5.41 Å². The van der Waals surface area contributed by atoms with Crippen molar-refractivity contribution in [1.82, 2.24) is 5.32 Å². The van der Waals surface area contributed by atoms with Gasteiger partial charge in [0, 0.05) is 42.8 Å². The minimum Gasteiger partial charge on any atom is -0.493 e. The van der Waals surface area contributed by atoms with Crippen molar-refractivity contribution in [3.63, 3.8) is 0 Å². The number of nitrogens with one attached hydrogen (secondary N) is 2. The number of anilines is 1. The summed E-state index contributed by atoms with van der Waals surface area (Å²) in [6.07, 6.45) is 2.69. The van der Waals surface area contributed by atoms with Gasteiger partial charge in [-0.15, -0.1) is 0 Å². The molecule has 0 spiro atoms. The van der Waals surface area contributed by atoms with E-state index in [0.29, 0.717) is 24.7 Å². The molecule has 0 aromatic heterocycles. The van der Waals surface area contributed by atoms with Gasteiger partial charge in [0.05, 0.1) is 19.8 Å². The van der Waals surface area contributed by atoms with Gasteiger partial charge in [-0.25, -0.2) is 0 Å². The highest BCUT2D eigenvalue weighted by atomic mass is 16.5. The average Bonchev–Trinajstić information content (AvgIpc) is 2.65. The van der Waals surface area contributed by atoms with Crippen LogP contribution in [0.3, 0.4) is 0 Å². The summed E-state index contributed by atoms with van der Waals surface area (Å²) in [5, 5.41) is 6.98. The molecule has 1 heterocycles. The molecule has 2 N–H and O–H groups in total. The van der Waals surface area contributed by atoms with Crippen LogP contribution >= 0.6 is 0 Å². The number of methoxy groups -OCH3 is 1. The summed E-state index contributed by atoms with van der Waals surface area (Å²) in [4.78, 5) is 4.41. The number of hydrogen-bond acceptors (Lipinski definition) is 4. The summed E-state index contributed by atoms with van der Waals surface area (Å²) in [6, 6.07) is 6.16. The van der Waals surface area contributed by atoms with Gasteiger partial charge in [-0.1, -0.05) is 13.8 Å². The SMILES string of the molecule is CCOc1cc(NC(=NC)NC2C3CCCOC3C2(C)C)ccc1OC. The molecule has 0 bridgehead atoms. The second kappa shape index (κ2) is 7.74. The first-order chi connectivity index (χ1) is 12.5. The average molecular weight is 361 g/mol. The Bertz CT molecular complexity index is 660. The van der Waals surface area contributed by atoms with Gasteiger partial charge in [0.15, 0.2) is 17.5 Å². The molecule has 2 aliphatic rings. The van der Waals surface area contributed by atoms with Crippen molar-refractivity contribution in [2.24, 2.45) is 16.3 Å². The van der Waals surface area contributed by atoms with Gasteiger partial charge < -0.3 is 24.8 Å². The predicted molar refractivity (Wildman–Crippen MR) is 104 cm³/mol. The smallest absolute Gasteiger partial charge is 0.195 e. The monoisotopic (exact) mass is 361 g/mol. The first-order valence-electron chi connectivity index (χ1n) is 9.44. The van der Waals surface area contributed by atoms with E-state index in [1.807, 2.05) is 25.1 Å². The predicted octanol–water partition coefficient (Wildman–Crippen LogP) is 3.28. The van der Waals surface area contributed by atoms with Crippen LogP contribution in [0.25, 0.3) is 0 Å². The fraction of sp³-hybridized carbons (Fsp3) is 0.650. The Labute approximate surface area is 156 Å². The van der Waals surface area contributed by atoms with Crippen molar-refractivity contribution in [3.8, 4) is 11.5 Å². The summed E-state index contributed by atoms with van der Waals surface area (Å²) >= 11 is 0. The Morgan fingerprint density at radius 3 is 2.85 bits per heavy atom. The van der Waals surface area contributed by atoms with Gasteiger partial charge in [0.2, 0.25) is 0 Å². The van der Waals surface area contributed by atoms with Gasteiger partial charge in [-0.2, -0.15) is 0 Å². The fourth-order valence-corrected chi connectivity index (χ4v) is 4.28. The molecule has 0 amide bonds. The standard InChI is InChI=1S/C20H31N3O3/c1-6-25-16-12-13(9-10-15(16)24-5)22-19(21-4)23-17-14-8-7-11-26-18(14)20(17,2)3/h9-10,12,14,17-18H,6-8,11H2,1-5H3,(H2,21,22,23). The number of guanidine groups is 1. The van der Waals surface area contributed by atoms with Crippen LogP contribution in [0.15, 0.2) is 23.2 Å². The normalized spacial score (nSPS) is 27.1. The number of rotatable bonds is 5. The van der Waals surface area contributed by atoms with E-state index in [2.05, 4.69) is 29.5 Å². The van der Waals surface area contributed by atoms with Crippen LogP contribution < -0.4 is 20.1 Å². The highest BCUT2D eigenvalue weighted by Crippen LogP contribution is 2.51. The number of benzene rings is 1. The lowest BCUT2D eigenvalue weighted by Crippen LogP contribution is -2.70. The third kappa shape index (κ3) is 3.47. The van der Waals surface area contributed by atoms with Gasteiger partial charge in [0.25, 0.3) is 0 Å². The molecular weight excluding hydrogens is 330 g/mol. The topological polar surface area (TPSA) is 64.1 Å². The van der Waals surface area contributed by atoms with E-state index in [1.165, 1.54) is 6.42 Å². The van der Waals surface area contributed by atoms with Crippen LogP contribution in [0.5, 0.6) is 11.5 Å². The van der Waals surface area contributed by atoms with Crippen molar-refractivity contribution in [2.75, 3.05) is 32.7 Å². The largest absolute Gasteiger partial charge is 0.493 e. The molecule has 1 saturated carbocycles. The zero-order chi connectivity index (χ0) is 18.7. The number of nitrogens with zero attached hydrogens (tertiary/aromatic N) is 1. The van der Waals surface area contributed by atoms with E-state index in [4.69, 9.17) is 14.2 Å². The fourth-order valence-electron chi connectivity index (χ4n) is 4.28. The van der Waals surface area contributed by atoms with E-state index in [9.17, 15) is 0 Å². The maximum Gasteiger partial charge on any atom is 0.195 e. The quantitative estimate of drug-likeness (QED) is 0.622. The molecule has 1 aliphatic carbocycles. The van der Waals surface area contributed by atoms with Crippen molar-refractivity contribution in [2.45, 2.75) is 45.8 Å². The highest BCUT2D eigenvalue weighted by molar-refractivity contribution is 5.94. The van der Waals surface area contributed by atoms with E-state index in [1.54, 1.807) is 14.2 Å². The summed E-state index contributed by atoms with van der Waals surface area (Å²) in [5.74, 6) is 2.76. The Morgan fingerprint density at radius 1 is 1.35 bits per heavy atom. The first-order valence-corrected chi connectivity index (χ1v) is 9.44. The van der Waals surface area contributed by atoms with Gasteiger partial charge in [-0.3, -0.25) is 4.99 Å². The lowest BCUT2D eigenvalue weighted by atomic mass is 9.55. The Balaban J connectivity index is 1.69. The van der Waals surface area contributed by atoms with Crippen LogP contribution in [0.1, 0.15) is 33.6 Å². The zero-order valence-corrected chi connectivity index (χ0v) is 16.5. The van der Waals surface area contributed by atoms with Gasteiger partial charge >= 0.3 is 0 Å². The lowest BCUT2D eigenvalue weighted by molar-refractivity contribution is -0.188. The molecule has 1 aromatic carbocycles. The van der Waals surface area contributed by atoms with Crippen LogP contribution in [0.4, 0.5) is 5.69 Å². The molecule has 3 rings (SSSR count). The molecule has 0 radical (unpaired) electrons. The van der Waals surface area contributed by atoms with Gasteiger partial charge in [-0.05, 0) is 31.9 Å². The number of ether oxygens (including phenoxy) is 3. The summed E-state index contributed by atoms with van der Waals surface area (Å²) in [5.41, 5.74) is 1.01. The molecule has 1 saturated heterocycles. The highest BCUT2D eigenvalue weighted by Gasteiger charge is 2.58. The van der Waals surface area contributed by atoms with E-state index in [0.717, 1.165) is 36.2 Å². The maximum absolute atomic E-state index is 5.99. The Hall–Kier alpha value is -1.95. The van der Waals surface area contributed by atoms with Crippen molar-refractivity contribution >= 4 is 11.6 Å². The zero-order valence-electron chi connectivity index (χ0n) is 16.5. The van der Waals surface area contributed by atoms with Crippen LogP contribution in [0, 0.1) is 11.3 Å². The minimum absolute atomic E-state index is 0.0963. The number of fused-ring (bicyclic) bond motifs is 1. The number of hydrogen-bond donors (Lipinski definition) is 2. The molecule has 6 nitrogen and oxygen atoms in total. The first kappa shape index (κ1) is 18.8.